The van der Waals surface area contributed by atoms with E-state index in [1.54, 1.807) is 0 Å². The summed E-state index contributed by atoms with van der Waals surface area (Å²) in [5.41, 5.74) is 3.13. The van der Waals surface area contributed by atoms with Crippen LogP contribution in [0.2, 0.25) is 10.1 Å². The standard InChI is InChI=1S/C11H19OSi/c1-10(2,3)13(9-7-8-12)11(4,5)6/h8H,1-6H3. The van der Waals surface area contributed by atoms with Crippen molar-refractivity contribution in [3.05, 3.63) is 0 Å². The average molecular weight is 195 g/mol. The molecule has 0 spiro atoms. The molecule has 0 N–H and O–H groups in total. The lowest BCUT2D eigenvalue weighted by atomic mass is 10.2. The molecule has 0 aromatic heterocycles. The molecular weight excluding hydrogens is 176 g/mol. The Kier molecular flexibility index (Phi) is 3.93. The van der Waals surface area contributed by atoms with E-state index >= 15 is 0 Å². The maximum atomic E-state index is 10.2. The van der Waals surface area contributed by atoms with Crippen LogP contribution in [0, 0.1) is 11.5 Å². The Labute approximate surface area is 83.5 Å². The lowest BCUT2D eigenvalue weighted by Crippen LogP contribution is -2.33. The minimum absolute atomic E-state index is 0.221. The van der Waals surface area contributed by atoms with Gasteiger partial charge in [0, 0.05) is 0 Å². The Morgan fingerprint density at radius 2 is 1.38 bits per heavy atom. The van der Waals surface area contributed by atoms with E-state index in [0.29, 0.717) is 6.29 Å². The highest BCUT2D eigenvalue weighted by Crippen LogP contribution is 2.41. The lowest BCUT2D eigenvalue weighted by molar-refractivity contribution is -0.103. The Morgan fingerprint density at radius 1 is 1.00 bits per heavy atom. The van der Waals surface area contributed by atoms with Gasteiger partial charge in [0.1, 0.15) is 0 Å². The monoisotopic (exact) mass is 195 g/mol. The van der Waals surface area contributed by atoms with Gasteiger partial charge >= 0.3 is 0 Å². The van der Waals surface area contributed by atoms with Crippen LogP contribution in [0.3, 0.4) is 0 Å². The fourth-order valence-electron chi connectivity index (χ4n) is 1.60. The second kappa shape index (κ2) is 4.10. The molecule has 0 saturated carbocycles. The van der Waals surface area contributed by atoms with Crippen LogP contribution in [0.1, 0.15) is 41.5 Å². The number of rotatable bonds is 0. The number of hydrogen-bond donors (Lipinski definition) is 0. The smallest absolute Gasteiger partial charge is 0.192 e. The van der Waals surface area contributed by atoms with Crippen molar-refractivity contribution in [1.29, 1.82) is 0 Å². The van der Waals surface area contributed by atoms with Crippen molar-refractivity contribution in [3.8, 4) is 11.5 Å². The van der Waals surface area contributed by atoms with E-state index in [0.717, 1.165) is 0 Å². The predicted molar refractivity (Wildman–Crippen MR) is 59.0 cm³/mol. The largest absolute Gasteiger partial charge is 0.289 e. The number of carbonyl (C=O) groups is 1. The minimum Gasteiger partial charge on any atom is -0.289 e. The van der Waals surface area contributed by atoms with Crippen LogP contribution < -0.4 is 0 Å². The van der Waals surface area contributed by atoms with E-state index in [1.807, 2.05) is 0 Å². The third-order valence-corrected chi connectivity index (χ3v) is 5.15. The first-order chi connectivity index (χ1) is 5.69. The third kappa shape index (κ3) is 4.28. The highest BCUT2D eigenvalue weighted by Gasteiger charge is 2.36. The molecule has 0 bridgehead atoms. The van der Waals surface area contributed by atoms with Gasteiger partial charge in [0.15, 0.2) is 15.1 Å². The number of aldehydes is 1. The number of hydrogen-bond acceptors (Lipinski definition) is 1. The zero-order valence-electron chi connectivity index (χ0n) is 9.49. The van der Waals surface area contributed by atoms with Gasteiger partial charge in [-0.2, -0.15) is 0 Å². The van der Waals surface area contributed by atoms with Gasteiger partial charge in [-0.25, -0.2) is 0 Å². The van der Waals surface area contributed by atoms with Crippen LogP contribution in [0.25, 0.3) is 0 Å². The first-order valence-electron chi connectivity index (χ1n) is 4.52. The molecule has 0 aromatic carbocycles. The van der Waals surface area contributed by atoms with Crippen LogP contribution in [-0.2, 0) is 4.79 Å². The molecule has 0 rings (SSSR count). The summed E-state index contributed by atoms with van der Waals surface area (Å²) in [6.07, 6.45) is 0.697. The van der Waals surface area contributed by atoms with Crippen LogP contribution in [0.4, 0.5) is 0 Å². The molecule has 0 aliphatic rings. The molecule has 0 unspecified atom stereocenters. The SMILES string of the molecule is CC(C)(C)[Si](C#CC=O)C(C)(C)C. The van der Waals surface area contributed by atoms with Crippen molar-refractivity contribution in [1.82, 2.24) is 0 Å². The average Bonchev–Trinajstić information content (AvgIpc) is 1.81. The maximum Gasteiger partial charge on any atom is 0.192 e. The second-order valence-electron chi connectivity index (χ2n) is 5.26. The van der Waals surface area contributed by atoms with Gasteiger partial charge in [-0.05, 0) is 16.0 Å². The Balaban J connectivity index is 4.89. The van der Waals surface area contributed by atoms with Gasteiger partial charge in [0.25, 0.3) is 0 Å². The van der Waals surface area contributed by atoms with Gasteiger partial charge in [-0.3, -0.25) is 4.79 Å². The molecule has 0 atom stereocenters. The topological polar surface area (TPSA) is 17.1 Å². The first-order valence-corrected chi connectivity index (χ1v) is 6.02. The van der Waals surface area contributed by atoms with Crippen LogP contribution in [0.15, 0.2) is 0 Å². The Bertz CT molecular complexity index is 218. The van der Waals surface area contributed by atoms with E-state index in [-0.39, 0.29) is 10.1 Å². The fraction of sp³-hybridized carbons (Fsp3) is 0.727. The quantitative estimate of drug-likeness (QED) is 0.330. The molecule has 0 heterocycles. The molecule has 0 aliphatic carbocycles. The van der Waals surface area contributed by atoms with Gasteiger partial charge in [0.2, 0.25) is 0 Å². The van der Waals surface area contributed by atoms with Crippen molar-refractivity contribution in [3.63, 3.8) is 0 Å². The van der Waals surface area contributed by atoms with Crippen molar-refractivity contribution in [2.45, 2.75) is 51.6 Å². The summed E-state index contributed by atoms with van der Waals surface area (Å²) in [7, 11) is -0.831. The lowest BCUT2D eigenvalue weighted by Gasteiger charge is -2.34. The van der Waals surface area contributed by atoms with Gasteiger partial charge in [0.05, 0.1) is 0 Å². The minimum atomic E-state index is -0.831. The van der Waals surface area contributed by atoms with Crippen LogP contribution in [-0.4, -0.2) is 15.1 Å². The maximum absolute atomic E-state index is 10.2. The summed E-state index contributed by atoms with van der Waals surface area (Å²) in [5, 5.41) is 0.442. The van der Waals surface area contributed by atoms with E-state index < -0.39 is 8.80 Å². The summed E-state index contributed by atoms with van der Waals surface area (Å²) >= 11 is 0. The number of carbonyl (C=O) groups excluding carboxylic acids is 1. The highest BCUT2D eigenvalue weighted by atomic mass is 28.3. The van der Waals surface area contributed by atoms with Crippen LogP contribution >= 0.6 is 0 Å². The molecule has 1 nitrogen and oxygen atoms in total. The van der Waals surface area contributed by atoms with Crippen molar-refractivity contribution >= 4 is 15.1 Å². The molecule has 0 aromatic rings. The Hall–Kier alpha value is -0.553. The summed E-state index contributed by atoms with van der Waals surface area (Å²) in [6.45, 7) is 13.2. The second-order valence-corrected chi connectivity index (χ2v) is 9.26. The summed E-state index contributed by atoms with van der Waals surface area (Å²) in [6, 6.07) is 0. The van der Waals surface area contributed by atoms with Crippen molar-refractivity contribution < 1.29 is 4.79 Å². The van der Waals surface area contributed by atoms with Crippen LogP contribution in [0.5, 0.6) is 0 Å². The summed E-state index contributed by atoms with van der Waals surface area (Å²) in [5.74, 6) is 2.58. The summed E-state index contributed by atoms with van der Waals surface area (Å²) in [4.78, 5) is 10.2. The zero-order chi connectivity index (χ0) is 10.7. The van der Waals surface area contributed by atoms with E-state index in [1.165, 1.54) is 0 Å². The van der Waals surface area contributed by atoms with Gasteiger partial charge < -0.3 is 0 Å². The molecule has 0 amide bonds. The predicted octanol–water partition coefficient (Wildman–Crippen LogP) is 2.82. The van der Waals surface area contributed by atoms with Gasteiger partial charge in [-0.1, -0.05) is 41.5 Å². The van der Waals surface area contributed by atoms with E-state index in [4.69, 9.17) is 0 Å². The molecule has 0 aliphatic heterocycles. The van der Waals surface area contributed by atoms with E-state index in [2.05, 4.69) is 53.0 Å². The summed E-state index contributed by atoms with van der Waals surface area (Å²) < 4.78 is 0. The molecule has 0 fully saturated rings. The molecule has 0 saturated heterocycles. The normalized spacial score (nSPS) is 12.2. The Morgan fingerprint density at radius 3 is 1.62 bits per heavy atom. The molecule has 73 valence electrons. The van der Waals surface area contributed by atoms with Crippen molar-refractivity contribution in [2.24, 2.45) is 0 Å². The first kappa shape index (κ1) is 12.4. The molecule has 13 heavy (non-hydrogen) atoms. The van der Waals surface area contributed by atoms with Gasteiger partial charge in [-0.15, -0.1) is 5.54 Å². The fourth-order valence-corrected chi connectivity index (χ4v) is 4.80. The molecule has 1 radical (unpaired) electrons. The zero-order valence-corrected chi connectivity index (χ0v) is 10.5. The molecular formula is C11H19OSi. The van der Waals surface area contributed by atoms with Crippen molar-refractivity contribution in [2.75, 3.05) is 0 Å². The third-order valence-electron chi connectivity index (χ3n) is 1.76. The highest BCUT2D eigenvalue weighted by molar-refractivity contribution is 6.73. The molecule has 2 heteroatoms. The van der Waals surface area contributed by atoms with E-state index in [9.17, 15) is 4.79 Å².